The molecule has 39 heavy (non-hydrogen) atoms. The average Bonchev–Trinajstić information content (AvgIpc) is 3.02. The molecule has 0 aliphatic carbocycles. The van der Waals surface area contributed by atoms with Gasteiger partial charge in [-0.3, -0.25) is 9.97 Å². The molecule has 3 heterocycles. The molecule has 13 heteroatoms. The molecule has 2 aromatic heterocycles. The van der Waals surface area contributed by atoms with E-state index in [4.69, 9.17) is 10.2 Å². The Morgan fingerprint density at radius 1 is 0.846 bits per heavy atom. The van der Waals surface area contributed by atoms with E-state index in [0.717, 1.165) is 11.1 Å². The fourth-order valence-electron chi connectivity index (χ4n) is 3.02. The molecule has 4 aromatic rings. The number of carbonyl (C=O) groups is 1. The van der Waals surface area contributed by atoms with Gasteiger partial charge in [0.15, 0.2) is 0 Å². The van der Waals surface area contributed by atoms with Crippen molar-refractivity contribution >= 4 is 15.9 Å². The largest absolute Gasteiger partial charge is 2.00 e. The molecular weight excluding hydrogens is 580 g/mol. The summed E-state index contributed by atoms with van der Waals surface area (Å²) in [5, 5.41) is 39.1. The van der Waals surface area contributed by atoms with Crippen LogP contribution in [0.2, 0.25) is 0 Å². The van der Waals surface area contributed by atoms with Crippen molar-refractivity contribution in [2.45, 2.75) is 18.1 Å². The second-order valence-corrected chi connectivity index (χ2v) is 8.99. The van der Waals surface area contributed by atoms with Gasteiger partial charge in [0.25, 0.3) is 0 Å². The van der Waals surface area contributed by atoms with Crippen molar-refractivity contribution in [3.8, 4) is 22.9 Å². The van der Waals surface area contributed by atoms with E-state index in [1.165, 1.54) is 24.3 Å². The van der Waals surface area contributed by atoms with Crippen molar-refractivity contribution in [3.63, 3.8) is 0 Å². The second-order valence-electron chi connectivity index (χ2n) is 7.42. The maximum Gasteiger partial charge on any atom is 2.00 e. The molecular formula is C26H23N3O8SZn. The molecule has 1 aliphatic rings. The number of hydrogen-bond donors (Lipinski definition) is 2. The van der Waals surface area contributed by atoms with Gasteiger partial charge in [0.2, 0.25) is 0 Å². The van der Waals surface area contributed by atoms with E-state index in [2.05, 4.69) is 14.7 Å². The van der Waals surface area contributed by atoms with E-state index in [0.29, 0.717) is 11.4 Å². The first-order valence-corrected chi connectivity index (χ1v) is 12.2. The van der Waals surface area contributed by atoms with Gasteiger partial charge in [-0.1, -0.05) is 18.2 Å². The Balaban J connectivity index is 0.000000297. The average molecular weight is 603 g/mol. The van der Waals surface area contributed by atoms with Crippen molar-refractivity contribution in [1.82, 2.24) is 9.97 Å². The van der Waals surface area contributed by atoms with Crippen LogP contribution in [0, 0.1) is 0 Å². The summed E-state index contributed by atoms with van der Waals surface area (Å²) in [6.45, 7) is -0.0373. The second kappa shape index (κ2) is 15.5. The number of pyridine rings is 2. The summed E-state index contributed by atoms with van der Waals surface area (Å²) in [7, 11) is -3.68. The Morgan fingerprint density at radius 3 is 1.92 bits per heavy atom. The molecule has 11 nitrogen and oxygen atoms in total. The van der Waals surface area contributed by atoms with Crippen molar-refractivity contribution in [1.29, 1.82) is 0 Å². The summed E-state index contributed by atoms with van der Waals surface area (Å²) >= 11 is 0. The van der Waals surface area contributed by atoms with Gasteiger partial charge >= 0.3 is 19.5 Å². The number of aliphatic hydroxyl groups excluding tert-OH is 2. The SMILES string of the molecule is O.O=C1[N-]S(=O)(=O)c2ccccc21.OCc1ccnc(-c2cc(CO)ccn2)c1.[O-]c1ccccc[c+]1[O-].[Zn+2]. The molecule has 2 aromatic carbocycles. The normalized spacial score (nSPS) is 12.0. The van der Waals surface area contributed by atoms with Crippen LogP contribution in [0.1, 0.15) is 21.5 Å². The zero-order chi connectivity index (χ0) is 26.8. The molecule has 198 valence electrons. The summed E-state index contributed by atoms with van der Waals surface area (Å²) in [6.07, 6.45) is 3.27. The standard InChI is InChI=1S/C12H12N2O2.C7H5NO3S.C7H6O2.H2O.Zn/c15-7-9-1-3-13-11(5-9)12-6-10(8-16)2-4-14-12;9-7-5-3-1-2-4-6(5)12(10,11)8-7;8-6-4-2-1-3-5-7(6)9;;/h1-6,15-16H,7-8H2;1-4H,(H,8,9);1-5,8H;1H2;/q;;;;+2/p-2. The monoisotopic (exact) mass is 601 g/mol. The van der Waals surface area contributed by atoms with E-state index in [9.17, 15) is 23.4 Å². The van der Waals surface area contributed by atoms with Crippen LogP contribution in [0.5, 0.6) is 11.5 Å². The Morgan fingerprint density at radius 2 is 1.38 bits per heavy atom. The number of hydrogen-bond acceptors (Lipinski definition) is 9. The van der Waals surface area contributed by atoms with Gasteiger partial charge in [0.05, 0.1) is 35.4 Å². The number of nitrogens with zero attached hydrogens (tertiary/aromatic N) is 3. The fraction of sp³-hybridized carbons (Fsp3) is 0.0769. The summed E-state index contributed by atoms with van der Waals surface area (Å²) in [4.78, 5) is 19.3. The van der Waals surface area contributed by atoms with Crippen LogP contribution in [-0.4, -0.2) is 40.0 Å². The van der Waals surface area contributed by atoms with Crippen LogP contribution >= 0.6 is 0 Å². The van der Waals surface area contributed by atoms with Crippen LogP contribution < -0.4 is 10.2 Å². The van der Waals surface area contributed by atoms with E-state index in [-0.39, 0.29) is 48.6 Å². The molecule has 0 spiro atoms. The van der Waals surface area contributed by atoms with Gasteiger partial charge in [-0.15, -0.1) is 0 Å². The Hall–Kier alpha value is -3.87. The predicted octanol–water partition coefficient (Wildman–Crippen LogP) is 1.32. The smallest absolute Gasteiger partial charge is 0.852 e. The summed E-state index contributed by atoms with van der Waals surface area (Å²) in [5.74, 6) is -1.59. The van der Waals surface area contributed by atoms with Crippen molar-refractivity contribution < 1.29 is 58.6 Å². The molecule has 4 N–H and O–H groups in total. The van der Waals surface area contributed by atoms with Crippen LogP contribution in [-0.2, 0) is 42.7 Å². The van der Waals surface area contributed by atoms with Gasteiger partial charge in [0.1, 0.15) is 10.0 Å². The van der Waals surface area contributed by atoms with Gasteiger partial charge in [-0.2, -0.15) is 0 Å². The molecule has 0 atom stereocenters. The van der Waals surface area contributed by atoms with E-state index in [1.54, 1.807) is 67.0 Å². The molecule has 0 saturated carbocycles. The third-order valence-electron chi connectivity index (χ3n) is 4.84. The maximum atomic E-state index is 11.1. The van der Waals surface area contributed by atoms with Gasteiger partial charge in [0, 0.05) is 59.8 Å². The summed E-state index contributed by atoms with van der Waals surface area (Å²) in [6, 6.07) is 20.3. The Labute approximate surface area is 237 Å². The first-order chi connectivity index (χ1) is 17.7. The molecule has 1 amide bonds. The number of sulfonamides is 1. The Kier molecular flexibility index (Phi) is 13.2. The number of benzene rings is 1. The van der Waals surface area contributed by atoms with Crippen molar-refractivity contribution in [2.75, 3.05) is 0 Å². The minimum absolute atomic E-state index is 0. The van der Waals surface area contributed by atoms with Crippen LogP contribution in [0.15, 0.2) is 96.2 Å². The first-order valence-electron chi connectivity index (χ1n) is 10.7. The minimum Gasteiger partial charge on any atom is -0.852 e. The number of carbonyl (C=O) groups excluding carboxylic acids is 1. The van der Waals surface area contributed by atoms with Gasteiger partial charge < -0.3 is 35.4 Å². The van der Waals surface area contributed by atoms with Crippen LogP contribution in [0.4, 0.5) is 0 Å². The Bertz CT molecular complexity index is 1440. The summed E-state index contributed by atoms with van der Waals surface area (Å²) < 4.78 is 25.2. The molecule has 1 aliphatic heterocycles. The van der Waals surface area contributed by atoms with E-state index in [1.807, 2.05) is 0 Å². The third-order valence-corrected chi connectivity index (χ3v) is 6.15. The number of rotatable bonds is 3. The van der Waals surface area contributed by atoms with Crippen LogP contribution in [0.25, 0.3) is 16.1 Å². The molecule has 0 bridgehead atoms. The van der Waals surface area contributed by atoms with Gasteiger partial charge in [-0.05, 0) is 41.5 Å². The fourth-order valence-corrected chi connectivity index (χ4v) is 4.11. The zero-order valence-electron chi connectivity index (χ0n) is 20.5. The molecule has 0 radical (unpaired) electrons. The van der Waals surface area contributed by atoms with Crippen LogP contribution in [0.3, 0.4) is 0 Å². The van der Waals surface area contributed by atoms with Crippen molar-refractivity contribution in [2.24, 2.45) is 0 Å². The summed E-state index contributed by atoms with van der Waals surface area (Å²) in [5.41, 5.74) is 3.14. The molecule has 0 saturated heterocycles. The zero-order valence-corrected chi connectivity index (χ0v) is 24.3. The van der Waals surface area contributed by atoms with E-state index >= 15 is 0 Å². The quantitative estimate of drug-likeness (QED) is 0.255. The number of aliphatic hydroxyl groups is 2. The molecule has 5 rings (SSSR count). The van der Waals surface area contributed by atoms with E-state index < -0.39 is 27.4 Å². The first kappa shape index (κ1) is 33.2. The predicted molar refractivity (Wildman–Crippen MR) is 134 cm³/mol. The number of fused-ring (bicyclic) bond motifs is 1. The number of aromatic nitrogens is 2. The van der Waals surface area contributed by atoms with Crippen molar-refractivity contribution in [3.05, 3.63) is 113 Å². The molecule has 0 fully saturated rings. The molecule has 0 unspecified atom stereocenters. The maximum absolute atomic E-state index is 11.1. The topological polar surface area (TPSA) is 209 Å². The van der Waals surface area contributed by atoms with Gasteiger partial charge in [-0.25, -0.2) is 8.42 Å². The third kappa shape index (κ3) is 9.13. The number of amides is 1. The minimum atomic E-state index is -3.68.